The Morgan fingerprint density at radius 1 is 1.14 bits per heavy atom. The monoisotopic (exact) mass is 405 g/mol. The summed E-state index contributed by atoms with van der Waals surface area (Å²) < 4.78 is 24.0. The van der Waals surface area contributed by atoms with Crippen molar-refractivity contribution in [3.63, 3.8) is 0 Å². The van der Waals surface area contributed by atoms with E-state index in [1.807, 2.05) is 24.3 Å². The van der Waals surface area contributed by atoms with Gasteiger partial charge in [0.2, 0.25) is 15.9 Å². The zero-order chi connectivity index (χ0) is 20.1. The van der Waals surface area contributed by atoms with Crippen LogP contribution in [0.15, 0.2) is 36.8 Å². The maximum absolute atomic E-state index is 12.3. The Hall–Kier alpha value is -2.79. The van der Waals surface area contributed by atoms with Crippen molar-refractivity contribution in [1.29, 1.82) is 0 Å². The summed E-state index contributed by atoms with van der Waals surface area (Å²) in [5, 5.41) is 3.13. The molecule has 1 aliphatic heterocycles. The van der Waals surface area contributed by atoms with Crippen LogP contribution in [0.5, 0.6) is 0 Å². The van der Waals surface area contributed by atoms with Crippen LogP contribution >= 0.6 is 0 Å². The van der Waals surface area contributed by atoms with Crippen molar-refractivity contribution < 1.29 is 13.2 Å². The molecule has 0 aromatic carbocycles. The number of carbonyl (C=O) groups is 1. The Morgan fingerprint density at radius 3 is 2.54 bits per heavy atom. The maximum Gasteiger partial charge on any atom is 0.238 e. The van der Waals surface area contributed by atoms with E-state index in [2.05, 4.69) is 25.2 Å². The Bertz CT molecular complexity index is 915. The molecule has 2 aromatic rings. The van der Waals surface area contributed by atoms with Gasteiger partial charge in [-0.3, -0.25) is 4.79 Å². The second kappa shape index (κ2) is 8.48. The van der Waals surface area contributed by atoms with Gasteiger partial charge >= 0.3 is 0 Å². The van der Waals surface area contributed by atoms with Crippen molar-refractivity contribution >= 4 is 33.4 Å². The van der Waals surface area contributed by atoms with Crippen molar-refractivity contribution in [2.75, 3.05) is 56.2 Å². The predicted molar refractivity (Wildman–Crippen MR) is 106 cm³/mol. The number of likely N-dealkylation sites (N-methyl/N-ethyl adjacent to an activating group) is 1. The SMILES string of the molecule is CN(CC(=O)N1CCN(c2cc(Nc3ccccn3)ncn2)CC1)S(C)(=O)=O. The van der Waals surface area contributed by atoms with Crippen LogP contribution in [0.1, 0.15) is 0 Å². The highest BCUT2D eigenvalue weighted by Gasteiger charge is 2.24. The second-order valence-corrected chi connectivity index (χ2v) is 8.58. The van der Waals surface area contributed by atoms with Crippen LogP contribution in [-0.2, 0) is 14.8 Å². The number of aromatic nitrogens is 3. The average Bonchev–Trinajstić information content (AvgIpc) is 2.68. The first-order valence-electron chi connectivity index (χ1n) is 8.77. The molecule has 1 saturated heterocycles. The summed E-state index contributed by atoms with van der Waals surface area (Å²) in [7, 11) is -1.97. The van der Waals surface area contributed by atoms with E-state index in [9.17, 15) is 13.2 Å². The molecule has 1 fully saturated rings. The van der Waals surface area contributed by atoms with Gasteiger partial charge in [0.05, 0.1) is 12.8 Å². The molecule has 0 saturated carbocycles. The minimum atomic E-state index is -3.37. The summed E-state index contributed by atoms with van der Waals surface area (Å²) in [6.45, 7) is 2.07. The van der Waals surface area contributed by atoms with E-state index in [0.29, 0.717) is 37.8 Å². The Kier molecular flexibility index (Phi) is 6.05. The van der Waals surface area contributed by atoms with Crippen molar-refractivity contribution in [2.24, 2.45) is 0 Å². The minimum absolute atomic E-state index is 0.148. The van der Waals surface area contributed by atoms with Gasteiger partial charge in [-0.1, -0.05) is 6.07 Å². The molecular weight excluding hydrogens is 382 g/mol. The molecule has 10 nitrogen and oxygen atoms in total. The number of anilines is 3. The molecule has 28 heavy (non-hydrogen) atoms. The summed E-state index contributed by atoms with van der Waals surface area (Å²) in [4.78, 5) is 28.8. The third-order valence-electron chi connectivity index (χ3n) is 4.45. The molecule has 1 N–H and O–H groups in total. The molecule has 1 amide bonds. The summed E-state index contributed by atoms with van der Waals surface area (Å²) in [6, 6.07) is 7.41. The second-order valence-electron chi connectivity index (χ2n) is 6.49. The zero-order valence-corrected chi connectivity index (χ0v) is 16.6. The van der Waals surface area contributed by atoms with Crippen molar-refractivity contribution in [2.45, 2.75) is 0 Å². The summed E-state index contributed by atoms with van der Waals surface area (Å²) in [5.41, 5.74) is 0. The van der Waals surface area contributed by atoms with E-state index in [0.717, 1.165) is 16.4 Å². The first-order chi connectivity index (χ1) is 13.3. The summed E-state index contributed by atoms with van der Waals surface area (Å²) >= 11 is 0. The van der Waals surface area contributed by atoms with Crippen LogP contribution in [0.2, 0.25) is 0 Å². The number of pyridine rings is 1. The Morgan fingerprint density at radius 2 is 1.89 bits per heavy atom. The third kappa shape index (κ3) is 5.14. The molecule has 3 heterocycles. The fourth-order valence-electron chi connectivity index (χ4n) is 2.75. The van der Waals surface area contributed by atoms with Crippen molar-refractivity contribution in [3.05, 3.63) is 36.8 Å². The molecular formula is C17H23N7O3S. The van der Waals surface area contributed by atoms with E-state index in [4.69, 9.17) is 0 Å². The van der Waals surface area contributed by atoms with E-state index >= 15 is 0 Å². The number of carbonyl (C=O) groups excluding carboxylic acids is 1. The molecule has 0 spiro atoms. The normalized spacial score (nSPS) is 15.0. The smallest absolute Gasteiger partial charge is 0.238 e. The lowest BCUT2D eigenvalue weighted by molar-refractivity contribution is -0.131. The fourth-order valence-corrected chi connectivity index (χ4v) is 3.09. The highest BCUT2D eigenvalue weighted by atomic mass is 32.2. The number of sulfonamides is 1. The number of hydrogen-bond acceptors (Lipinski definition) is 8. The largest absolute Gasteiger partial charge is 0.353 e. The average molecular weight is 405 g/mol. The summed E-state index contributed by atoms with van der Waals surface area (Å²) in [6.07, 6.45) is 4.27. The molecule has 2 aromatic heterocycles. The van der Waals surface area contributed by atoms with Gasteiger partial charge in [-0.15, -0.1) is 0 Å². The van der Waals surface area contributed by atoms with Crippen LogP contribution in [0.3, 0.4) is 0 Å². The molecule has 0 unspecified atom stereocenters. The van der Waals surface area contributed by atoms with Crippen LogP contribution in [0.25, 0.3) is 0 Å². The quantitative estimate of drug-likeness (QED) is 0.723. The first kappa shape index (κ1) is 20.0. The number of nitrogens with zero attached hydrogens (tertiary/aromatic N) is 6. The first-order valence-corrected chi connectivity index (χ1v) is 10.6. The van der Waals surface area contributed by atoms with Crippen LogP contribution in [-0.4, -0.2) is 84.5 Å². The van der Waals surface area contributed by atoms with Gasteiger partial charge in [0.25, 0.3) is 0 Å². The van der Waals surface area contributed by atoms with Gasteiger partial charge < -0.3 is 15.1 Å². The molecule has 0 radical (unpaired) electrons. The Labute approximate surface area is 164 Å². The number of amides is 1. The molecule has 0 atom stereocenters. The lowest BCUT2D eigenvalue weighted by atomic mass is 10.3. The number of hydrogen-bond donors (Lipinski definition) is 1. The van der Waals surface area contributed by atoms with E-state index < -0.39 is 10.0 Å². The number of piperazine rings is 1. The van der Waals surface area contributed by atoms with E-state index in [-0.39, 0.29) is 12.5 Å². The number of nitrogens with one attached hydrogen (secondary N) is 1. The standard InChI is InChI=1S/C17H23N7O3S/c1-22(28(2,26)27)12-17(25)24-9-7-23(8-10-24)16-11-15(19-13-20-16)21-14-5-3-4-6-18-14/h3-6,11,13H,7-10,12H2,1-2H3,(H,18,19,20,21). The lowest BCUT2D eigenvalue weighted by Gasteiger charge is -2.36. The molecule has 3 rings (SSSR count). The minimum Gasteiger partial charge on any atom is -0.353 e. The highest BCUT2D eigenvalue weighted by molar-refractivity contribution is 7.88. The lowest BCUT2D eigenvalue weighted by Crippen LogP contribution is -2.51. The number of rotatable bonds is 6. The van der Waals surface area contributed by atoms with Gasteiger partial charge in [-0.25, -0.2) is 23.4 Å². The molecule has 150 valence electrons. The molecule has 11 heteroatoms. The third-order valence-corrected chi connectivity index (χ3v) is 5.72. The van der Waals surface area contributed by atoms with Gasteiger partial charge in [0, 0.05) is 45.5 Å². The fraction of sp³-hybridized carbons (Fsp3) is 0.412. The van der Waals surface area contributed by atoms with Crippen LogP contribution < -0.4 is 10.2 Å². The molecule has 1 aliphatic rings. The van der Waals surface area contributed by atoms with Crippen LogP contribution in [0, 0.1) is 0 Å². The van der Waals surface area contributed by atoms with Crippen molar-refractivity contribution in [1.82, 2.24) is 24.2 Å². The highest BCUT2D eigenvalue weighted by Crippen LogP contribution is 2.18. The van der Waals surface area contributed by atoms with Gasteiger partial charge in [0.15, 0.2) is 0 Å². The van der Waals surface area contributed by atoms with Gasteiger partial charge in [-0.2, -0.15) is 4.31 Å². The molecule has 0 bridgehead atoms. The van der Waals surface area contributed by atoms with Crippen LogP contribution in [0.4, 0.5) is 17.5 Å². The van der Waals surface area contributed by atoms with E-state index in [1.54, 1.807) is 11.1 Å². The van der Waals surface area contributed by atoms with Gasteiger partial charge in [0.1, 0.15) is 23.8 Å². The predicted octanol–water partition coefficient (Wildman–Crippen LogP) is 0.155. The zero-order valence-electron chi connectivity index (χ0n) is 15.8. The maximum atomic E-state index is 12.3. The summed E-state index contributed by atoms with van der Waals surface area (Å²) in [5.74, 6) is 1.89. The molecule has 0 aliphatic carbocycles. The van der Waals surface area contributed by atoms with Crippen molar-refractivity contribution in [3.8, 4) is 0 Å². The van der Waals surface area contributed by atoms with E-state index in [1.165, 1.54) is 13.4 Å². The van der Waals surface area contributed by atoms with Gasteiger partial charge in [-0.05, 0) is 12.1 Å². The topological polar surface area (TPSA) is 112 Å². The Balaban J connectivity index is 1.58.